The van der Waals surface area contributed by atoms with Gasteiger partial charge in [0.05, 0.1) is 13.2 Å². The fourth-order valence-corrected chi connectivity index (χ4v) is 4.39. The second kappa shape index (κ2) is 28.6. The molecule has 0 aliphatic heterocycles. The van der Waals surface area contributed by atoms with E-state index in [-0.39, 0.29) is 12.6 Å². The van der Waals surface area contributed by atoms with Crippen LogP contribution in [0.5, 0.6) is 0 Å². The number of esters is 1. The van der Waals surface area contributed by atoms with Crippen LogP contribution in [0.15, 0.2) is 0 Å². The lowest BCUT2D eigenvalue weighted by atomic mass is 10.0. The molecule has 4 nitrogen and oxygen atoms in total. The molecule has 0 saturated heterocycles. The SMILES string of the molecule is CCCCCCCCCCCCCCCCCOCC(CO)OC(=O)CCCCCCCCC. The number of carbonyl (C=O) groups is 1. The van der Waals surface area contributed by atoms with E-state index in [4.69, 9.17) is 9.47 Å². The third-order valence-corrected chi connectivity index (χ3v) is 6.68. The van der Waals surface area contributed by atoms with E-state index < -0.39 is 6.10 Å². The summed E-state index contributed by atoms with van der Waals surface area (Å²) >= 11 is 0. The lowest BCUT2D eigenvalue weighted by Gasteiger charge is -2.15. The van der Waals surface area contributed by atoms with Crippen molar-refractivity contribution >= 4 is 5.97 Å². The lowest BCUT2D eigenvalue weighted by molar-refractivity contribution is -0.154. The summed E-state index contributed by atoms with van der Waals surface area (Å²) in [7, 11) is 0. The summed E-state index contributed by atoms with van der Waals surface area (Å²) in [6, 6.07) is 0. The van der Waals surface area contributed by atoms with Gasteiger partial charge in [-0.05, 0) is 12.8 Å². The van der Waals surface area contributed by atoms with Crippen LogP contribution >= 0.6 is 0 Å². The lowest BCUT2D eigenvalue weighted by Crippen LogP contribution is -2.27. The van der Waals surface area contributed by atoms with Gasteiger partial charge in [0, 0.05) is 13.0 Å². The van der Waals surface area contributed by atoms with Gasteiger partial charge >= 0.3 is 5.97 Å². The Labute approximate surface area is 213 Å². The minimum Gasteiger partial charge on any atom is -0.457 e. The van der Waals surface area contributed by atoms with Crippen molar-refractivity contribution in [1.82, 2.24) is 0 Å². The second-order valence-corrected chi connectivity index (χ2v) is 10.2. The van der Waals surface area contributed by atoms with E-state index in [0.717, 1.165) is 19.3 Å². The van der Waals surface area contributed by atoms with Crippen molar-refractivity contribution in [3.05, 3.63) is 0 Å². The Bertz CT molecular complexity index is 399. The molecule has 1 unspecified atom stereocenters. The van der Waals surface area contributed by atoms with Crippen molar-refractivity contribution in [2.24, 2.45) is 0 Å². The molecule has 0 fully saturated rings. The molecule has 4 heteroatoms. The zero-order valence-corrected chi connectivity index (χ0v) is 23.1. The average molecular weight is 485 g/mol. The summed E-state index contributed by atoms with van der Waals surface area (Å²) in [6.45, 7) is 5.32. The van der Waals surface area contributed by atoms with Crippen LogP contribution in [0.4, 0.5) is 0 Å². The maximum absolute atomic E-state index is 11.9. The van der Waals surface area contributed by atoms with Gasteiger partial charge in [0.25, 0.3) is 0 Å². The highest BCUT2D eigenvalue weighted by atomic mass is 16.6. The fourth-order valence-electron chi connectivity index (χ4n) is 4.39. The van der Waals surface area contributed by atoms with Gasteiger partial charge in [0.2, 0.25) is 0 Å². The Morgan fingerprint density at radius 2 is 0.971 bits per heavy atom. The molecule has 0 radical (unpaired) electrons. The van der Waals surface area contributed by atoms with Crippen LogP contribution in [0, 0.1) is 0 Å². The summed E-state index contributed by atoms with van der Waals surface area (Å²) in [4.78, 5) is 11.9. The summed E-state index contributed by atoms with van der Waals surface area (Å²) in [5, 5.41) is 9.44. The first kappa shape index (κ1) is 33.4. The molecular formula is C30H60O4. The van der Waals surface area contributed by atoms with Gasteiger partial charge in [0.15, 0.2) is 0 Å². The van der Waals surface area contributed by atoms with Gasteiger partial charge in [-0.1, -0.05) is 142 Å². The van der Waals surface area contributed by atoms with E-state index in [9.17, 15) is 9.90 Å². The monoisotopic (exact) mass is 484 g/mol. The molecule has 0 bridgehead atoms. The Hall–Kier alpha value is -0.610. The van der Waals surface area contributed by atoms with Crippen LogP contribution in [0.2, 0.25) is 0 Å². The minimum atomic E-state index is -0.520. The standard InChI is InChI=1S/C30H60O4/c1-3-5-7-9-11-12-13-14-15-16-17-18-20-22-24-26-33-28-29(27-31)34-30(32)25-23-21-19-10-8-6-4-2/h29,31H,3-28H2,1-2H3. The van der Waals surface area contributed by atoms with Gasteiger partial charge in [-0.15, -0.1) is 0 Å². The van der Waals surface area contributed by atoms with Crippen LogP contribution in [0.1, 0.15) is 162 Å². The molecule has 1 atom stereocenters. The fraction of sp³-hybridized carbons (Fsp3) is 0.967. The molecule has 1 N–H and O–H groups in total. The molecule has 0 aromatic heterocycles. The molecule has 0 aliphatic carbocycles. The van der Waals surface area contributed by atoms with E-state index in [0.29, 0.717) is 19.6 Å². The van der Waals surface area contributed by atoms with Crippen LogP contribution in [-0.4, -0.2) is 37.0 Å². The topological polar surface area (TPSA) is 55.8 Å². The number of rotatable bonds is 28. The molecule has 0 heterocycles. The quantitative estimate of drug-likeness (QED) is 0.0889. The zero-order chi connectivity index (χ0) is 25.0. The maximum atomic E-state index is 11.9. The molecular weight excluding hydrogens is 424 g/mol. The maximum Gasteiger partial charge on any atom is 0.306 e. The second-order valence-electron chi connectivity index (χ2n) is 10.2. The van der Waals surface area contributed by atoms with Crippen molar-refractivity contribution in [3.63, 3.8) is 0 Å². The van der Waals surface area contributed by atoms with Crippen molar-refractivity contribution in [1.29, 1.82) is 0 Å². The van der Waals surface area contributed by atoms with Crippen molar-refractivity contribution in [2.75, 3.05) is 19.8 Å². The van der Waals surface area contributed by atoms with Gasteiger partial charge in [-0.2, -0.15) is 0 Å². The molecule has 0 spiro atoms. The molecule has 0 amide bonds. The molecule has 0 aromatic rings. The number of hydrogen-bond acceptors (Lipinski definition) is 4. The zero-order valence-electron chi connectivity index (χ0n) is 23.1. The molecule has 0 saturated carbocycles. The van der Waals surface area contributed by atoms with E-state index in [1.54, 1.807) is 0 Å². The number of unbranched alkanes of at least 4 members (excludes halogenated alkanes) is 20. The van der Waals surface area contributed by atoms with E-state index in [1.165, 1.54) is 122 Å². The van der Waals surface area contributed by atoms with Crippen LogP contribution in [0.3, 0.4) is 0 Å². The minimum absolute atomic E-state index is 0.165. The Morgan fingerprint density at radius 3 is 1.38 bits per heavy atom. The summed E-state index contributed by atoms with van der Waals surface area (Å²) in [5.41, 5.74) is 0. The van der Waals surface area contributed by atoms with Crippen molar-refractivity contribution in [2.45, 2.75) is 168 Å². The largest absolute Gasteiger partial charge is 0.457 e. The first-order chi connectivity index (χ1) is 16.7. The van der Waals surface area contributed by atoms with Crippen LogP contribution in [-0.2, 0) is 14.3 Å². The smallest absolute Gasteiger partial charge is 0.306 e. The first-order valence-electron chi connectivity index (χ1n) is 15.1. The average Bonchev–Trinajstić information content (AvgIpc) is 2.84. The highest BCUT2D eigenvalue weighted by Crippen LogP contribution is 2.13. The van der Waals surface area contributed by atoms with Gasteiger partial charge in [-0.3, -0.25) is 4.79 Å². The molecule has 34 heavy (non-hydrogen) atoms. The number of hydrogen-bond donors (Lipinski definition) is 1. The molecule has 0 aromatic carbocycles. The predicted molar refractivity (Wildman–Crippen MR) is 145 cm³/mol. The predicted octanol–water partition coefficient (Wildman–Crippen LogP) is 8.92. The third kappa shape index (κ3) is 26.0. The van der Waals surface area contributed by atoms with Crippen LogP contribution in [0.25, 0.3) is 0 Å². The molecule has 0 rings (SSSR count). The summed E-state index contributed by atoms with van der Waals surface area (Å²) in [6.07, 6.45) is 28.5. The number of carbonyl (C=O) groups excluding carboxylic acids is 1. The highest BCUT2D eigenvalue weighted by molar-refractivity contribution is 5.69. The van der Waals surface area contributed by atoms with Gasteiger partial charge < -0.3 is 14.6 Å². The Balaban J connectivity index is 3.37. The normalized spacial score (nSPS) is 12.2. The van der Waals surface area contributed by atoms with Crippen molar-refractivity contribution in [3.8, 4) is 0 Å². The number of aliphatic hydroxyl groups is 1. The third-order valence-electron chi connectivity index (χ3n) is 6.68. The Morgan fingerprint density at radius 1 is 0.588 bits per heavy atom. The summed E-state index contributed by atoms with van der Waals surface area (Å²) in [5.74, 6) is -0.205. The van der Waals surface area contributed by atoms with E-state index in [2.05, 4.69) is 13.8 Å². The van der Waals surface area contributed by atoms with E-state index >= 15 is 0 Å². The molecule has 0 aliphatic rings. The van der Waals surface area contributed by atoms with Crippen LogP contribution < -0.4 is 0 Å². The summed E-state index contributed by atoms with van der Waals surface area (Å²) < 4.78 is 11.0. The van der Waals surface area contributed by atoms with Crippen molar-refractivity contribution < 1.29 is 19.4 Å². The number of aliphatic hydroxyl groups excluding tert-OH is 1. The molecule has 204 valence electrons. The first-order valence-corrected chi connectivity index (χ1v) is 15.1. The Kier molecular flexibility index (Phi) is 28.1. The van der Waals surface area contributed by atoms with Gasteiger partial charge in [-0.25, -0.2) is 0 Å². The number of ether oxygens (including phenoxy) is 2. The highest BCUT2D eigenvalue weighted by Gasteiger charge is 2.13. The van der Waals surface area contributed by atoms with E-state index in [1.807, 2.05) is 0 Å². The van der Waals surface area contributed by atoms with Gasteiger partial charge in [0.1, 0.15) is 6.10 Å².